The average Bonchev–Trinajstić information content (AvgIpc) is 3.05. The van der Waals surface area contributed by atoms with E-state index < -0.39 is 0 Å². The number of nitriles is 2. The topological polar surface area (TPSA) is 119 Å². The lowest BCUT2D eigenvalue weighted by atomic mass is 9.95. The van der Waals surface area contributed by atoms with Gasteiger partial charge in [-0.2, -0.15) is 10.5 Å². The summed E-state index contributed by atoms with van der Waals surface area (Å²) in [4.78, 5) is 12.4. The second-order valence-electron chi connectivity index (χ2n) is 11.0. The Labute approximate surface area is 279 Å². The molecule has 1 aliphatic heterocycles. The van der Waals surface area contributed by atoms with E-state index in [1.165, 1.54) is 6.92 Å². The largest absolute Gasteiger partial charge is 0.492 e. The van der Waals surface area contributed by atoms with Crippen LogP contribution in [0.1, 0.15) is 48.9 Å². The van der Waals surface area contributed by atoms with Crippen LogP contribution in [0, 0.1) is 22.7 Å². The van der Waals surface area contributed by atoms with Crippen molar-refractivity contribution in [3.8, 4) is 29.0 Å². The van der Waals surface area contributed by atoms with Crippen LogP contribution in [0.3, 0.4) is 0 Å². The van der Waals surface area contributed by atoms with Crippen LogP contribution in [-0.2, 0) is 22.7 Å². The predicted molar refractivity (Wildman–Crippen MR) is 182 cm³/mol. The van der Waals surface area contributed by atoms with E-state index in [9.17, 15) is 15.3 Å². The normalized spacial score (nSPS) is 14.2. The molecule has 0 saturated heterocycles. The van der Waals surface area contributed by atoms with Crippen LogP contribution in [0.25, 0.3) is 11.1 Å². The Bertz CT molecular complexity index is 1520. The minimum absolute atomic E-state index is 0.0424. The van der Waals surface area contributed by atoms with Gasteiger partial charge >= 0.3 is 0 Å². The first-order valence-corrected chi connectivity index (χ1v) is 17.1. The van der Waals surface area contributed by atoms with Crippen molar-refractivity contribution in [2.24, 2.45) is 0 Å². The van der Waals surface area contributed by atoms with Crippen molar-refractivity contribution in [2.45, 2.75) is 61.7 Å². The van der Waals surface area contributed by atoms with E-state index >= 15 is 0 Å². The molecule has 1 heterocycles. The number of fused-ring (bicyclic) bond motifs is 1. The Morgan fingerprint density at radius 1 is 1.09 bits per heavy atom. The van der Waals surface area contributed by atoms with Gasteiger partial charge in [0, 0.05) is 43.2 Å². The molecule has 3 aromatic rings. The van der Waals surface area contributed by atoms with Gasteiger partial charge in [0.05, 0.1) is 41.4 Å². The number of nitrogens with one attached hydrogen (secondary N) is 3. The van der Waals surface area contributed by atoms with Gasteiger partial charge in [0.15, 0.2) is 0 Å². The van der Waals surface area contributed by atoms with E-state index in [0.717, 1.165) is 58.0 Å². The van der Waals surface area contributed by atoms with Gasteiger partial charge in [-0.1, -0.05) is 59.3 Å². The highest BCUT2D eigenvalue weighted by atomic mass is 79.9. The first-order valence-electron chi connectivity index (χ1n) is 15.2. The number of carbonyl (C=O) groups excluding carboxylic acids is 1. The smallest absolute Gasteiger partial charge is 0.216 e. The number of carbonyl (C=O) groups is 1. The molecule has 10 heteroatoms. The summed E-state index contributed by atoms with van der Waals surface area (Å²) in [6.45, 7) is 7.26. The summed E-state index contributed by atoms with van der Waals surface area (Å²) in [6.07, 6.45) is 1.44. The number of hydrogen-bond donors (Lipinski definition) is 3. The number of benzene rings is 3. The minimum Gasteiger partial charge on any atom is -0.492 e. The first-order chi connectivity index (χ1) is 21.9. The summed E-state index contributed by atoms with van der Waals surface area (Å²) < 4.78 is 12.2. The molecule has 0 radical (unpaired) electrons. The Morgan fingerprint density at radius 3 is 2.71 bits per heavy atom. The van der Waals surface area contributed by atoms with E-state index in [2.05, 4.69) is 57.0 Å². The summed E-state index contributed by atoms with van der Waals surface area (Å²) in [5.74, 6) is 1.78. The van der Waals surface area contributed by atoms with Crippen molar-refractivity contribution in [1.82, 2.24) is 16.0 Å². The summed E-state index contributed by atoms with van der Waals surface area (Å²) in [5.41, 5.74) is 5.10. The number of nitrogens with zero attached hydrogens (tertiary/aromatic N) is 2. The second-order valence-corrected chi connectivity index (χ2v) is 13.6. The zero-order valence-corrected chi connectivity index (χ0v) is 28.2. The Kier molecular flexibility index (Phi) is 13.7. The fourth-order valence-electron chi connectivity index (χ4n) is 5.22. The Balaban J connectivity index is 1.44. The maximum atomic E-state index is 11.2. The van der Waals surface area contributed by atoms with E-state index in [1.54, 1.807) is 17.8 Å². The van der Waals surface area contributed by atoms with Crippen LogP contribution in [0.2, 0.25) is 0 Å². The number of thioether (sulfide) groups is 1. The predicted octanol–water partition coefficient (Wildman–Crippen LogP) is 5.91. The van der Waals surface area contributed by atoms with Gasteiger partial charge in [-0.25, -0.2) is 0 Å². The molecular weight excluding hydrogens is 650 g/mol. The van der Waals surface area contributed by atoms with Crippen LogP contribution in [0.4, 0.5) is 0 Å². The molecule has 3 N–H and O–H groups in total. The van der Waals surface area contributed by atoms with Gasteiger partial charge in [-0.3, -0.25) is 4.79 Å². The van der Waals surface area contributed by atoms with Crippen LogP contribution in [0.15, 0.2) is 65.6 Å². The van der Waals surface area contributed by atoms with Crippen molar-refractivity contribution >= 4 is 33.6 Å². The molecule has 4 rings (SSSR count). The Hall–Kier alpha value is -3.38. The third-order valence-electron chi connectivity index (χ3n) is 7.60. The van der Waals surface area contributed by atoms with Crippen molar-refractivity contribution < 1.29 is 14.3 Å². The van der Waals surface area contributed by atoms with Crippen molar-refractivity contribution in [2.75, 3.05) is 32.0 Å². The molecule has 1 aliphatic rings. The molecule has 1 amide bonds. The lowest BCUT2D eigenvalue weighted by Crippen LogP contribution is -2.40. The van der Waals surface area contributed by atoms with Crippen LogP contribution >= 0.6 is 27.7 Å². The number of hydrogen-bond acceptors (Lipinski definition) is 8. The fourth-order valence-corrected chi connectivity index (χ4v) is 6.49. The average molecular weight is 691 g/mol. The number of amides is 1. The van der Waals surface area contributed by atoms with Gasteiger partial charge in [0.2, 0.25) is 5.91 Å². The van der Waals surface area contributed by atoms with Crippen LogP contribution in [-0.4, -0.2) is 54.9 Å². The van der Waals surface area contributed by atoms with Gasteiger partial charge in [0.1, 0.15) is 11.8 Å². The molecule has 0 saturated carbocycles. The molecule has 0 aliphatic carbocycles. The number of rotatable bonds is 16. The van der Waals surface area contributed by atoms with Crippen molar-refractivity contribution in [3.05, 3.63) is 82.9 Å². The molecule has 0 fully saturated rings. The molecule has 3 atom stereocenters. The SMILES string of the molecule is CC(=O)NCCNCCC(CC(NCc1cccc(-c2ccc3c(c2)SCCO3)c1C#N)C(C)Br)OCc1cccc(C#N)c1. The molecule has 8 nitrogen and oxygen atoms in total. The summed E-state index contributed by atoms with van der Waals surface area (Å²) in [5, 5.41) is 29.4. The summed E-state index contributed by atoms with van der Waals surface area (Å²) in [6, 6.07) is 24.4. The molecule has 3 unspecified atom stereocenters. The highest BCUT2D eigenvalue weighted by molar-refractivity contribution is 9.09. The maximum Gasteiger partial charge on any atom is 0.216 e. The standard InChI is InChI=1S/C35H40BrN5O3S/c1-24(36)33(19-30(11-12-39-13-14-40-25(2)42)44-23-27-6-3-5-26(17-27)20-37)41-22-29-7-4-8-31(32(29)21-38)28-9-10-34-35(18-28)45-16-15-43-34/h3-10,17-18,24,30,33,39,41H,11-16,19,22-23H2,1-2H3,(H,40,42). The van der Waals surface area contributed by atoms with Gasteiger partial charge in [0.25, 0.3) is 0 Å². The quantitative estimate of drug-likeness (QED) is 0.125. The number of alkyl halides is 1. The lowest BCUT2D eigenvalue weighted by molar-refractivity contribution is -0.118. The third-order valence-corrected chi connectivity index (χ3v) is 9.24. The summed E-state index contributed by atoms with van der Waals surface area (Å²) in [7, 11) is 0. The van der Waals surface area contributed by atoms with Crippen molar-refractivity contribution in [1.29, 1.82) is 10.5 Å². The van der Waals surface area contributed by atoms with Gasteiger partial charge in [-0.05, 0) is 65.9 Å². The highest BCUT2D eigenvalue weighted by Crippen LogP contribution is 2.37. The molecular formula is C35H40BrN5O3S. The highest BCUT2D eigenvalue weighted by Gasteiger charge is 2.22. The van der Waals surface area contributed by atoms with E-state index in [-0.39, 0.29) is 22.9 Å². The summed E-state index contributed by atoms with van der Waals surface area (Å²) >= 11 is 5.59. The lowest BCUT2D eigenvalue weighted by Gasteiger charge is -2.27. The maximum absolute atomic E-state index is 11.2. The molecule has 0 spiro atoms. The zero-order valence-electron chi connectivity index (χ0n) is 25.8. The van der Waals surface area contributed by atoms with E-state index in [0.29, 0.717) is 44.0 Å². The van der Waals surface area contributed by atoms with E-state index in [4.69, 9.17) is 9.47 Å². The Morgan fingerprint density at radius 2 is 1.93 bits per heavy atom. The monoisotopic (exact) mass is 689 g/mol. The van der Waals surface area contributed by atoms with Crippen LogP contribution < -0.4 is 20.7 Å². The third kappa shape index (κ3) is 10.6. The molecule has 45 heavy (non-hydrogen) atoms. The van der Waals surface area contributed by atoms with Gasteiger partial charge in [-0.15, -0.1) is 11.8 Å². The molecule has 0 bridgehead atoms. The molecule has 3 aromatic carbocycles. The number of ether oxygens (including phenoxy) is 2. The first kappa shape index (κ1) is 34.5. The minimum atomic E-state index is -0.0708. The molecule has 236 valence electrons. The fraction of sp³-hybridized carbons (Fsp3) is 0.400. The second kappa shape index (κ2) is 17.9. The van der Waals surface area contributed by atoms with E-state index in [1.807, 2.05) is 48.5 Å². The van der Waals surface area contributed by atoms with Crippen LogP contribution in [0.5, 0.6) is 5.75 Å². The van der Waals surface area contributed by atoms with Gasteiger partial charge < -0.3 is 25.4 Å². The zero-order chi connectivity index (χ0) is 32.0. The van der Waals surface area contributed by atoms with Crippen molar-refractivity contribution in [3.63, 3.8) is 0 Å². The number of halogens is 1. The molecule has 0 aromatic heterocycles.